The molecule has 4 rings (SSSR count). The van der Waals surface area contributed by atoms with Crippen molar-refractivity contribution in [2.75, 3.05) is 27.2 Å². The summed E-state index contributed by atoms with van der Waals surface area (Å²) < 4.78 is 11.1. The zero-order chi connectivity index (χ0) is 20.7. The van der Waals surface area contributed by atoms with E-state index >= 15 is 0 Å². The summed E-state index contributed by atoms with van der Waals surface area (Å²) in [5, 5.41) is 1.17. The number of carbonyl (C=O) groups excluding carboxylic acids is 2. The summed E-state index contributed by atoms with van der Waals surface area (Å²) in [4.78, 5) is 40.2. The van der Waals surface area contributed by atoms with Crippen LogP contribution in [0.4, 0.5) is 0 Å². The van der Waals surface area contributed by atoms with Gasteiger partial charge in [0, 0.05) is 37.7 Å². The van der Waals surface area contributed by atoms with E-state index in [1.807, 2.05) is 0 Å². The van der Waals surface area contributed by atoms with E-state index in [1.54, 1.807) is 31.1 Å². The minimum absolute atomic E-state index is 0.0878. The first-order valence-corrected chi connectivity index (χ1v) is 10.2. The van der Waals surface area contributed by atoms with Gasteiger partial charge >= 0.3 is 5.63 Å². The van der Waals surface area contributed by atoms with Crippen LogP contribution in [0.15, 0.2) is 21.3 Å². The molecule has 1 aliphatic heterocycles. The van der Waals surface area contributed by atoms with Gasteiger partial charge in [-0.2, -0.15) is 0 Å². The van der Waals surface area contributed by atoms with Gasteiger partial charge in [0.2, 0.25) is 5.91 Å². The Kier molecular flexibility index (Phi) is 5.25. The van der Waals surface area contributed by atoms with Crippen LogP contribution < -0.4 is 10.4 Å². The fourth-order valence-corrected chi connectivity index (χ4v) is 4.45. The molecule has 8 heteroatoms. The van der Waals surface area contributed by atoms with E-state index in [4.69, 9.17) is 20.8 Å². The van der Waals surface area contributed by atoms with Gasteiger partial charge < -0.3 is 19.0 Å². The summed E-state index contributed by atoms with van der Waals surface area (Å²) in [5.74, 6) is -0.0761. The summed E-state index contributed by atoms with van der Waals surface area (Å²) in [6.45, 7) is 0.288. The molecule has 2 aliphatic rings. The van der Waals surface area contributed by atoms with Crippen LogP contribution in [-0.4, -0.2) is 54.9 Å². The van der Waals surface area contributed by atoms with Crippen LogP contribution in [0.1, 0.15) is 30.4 Å². The standard InChI is InChI=1S/C21H23ClN2O5/c1-23(2)20(26)16-7-4-8-24(16)19(25)11-28-18-10-17-14(9-15(18)22)12-5-3-6-13(12)21(27)29-17/h9-10,16H,3-8,11H2,1-2H3/t16-/m0/s1. The Morgan fingerprint density at radius 2 is 2.00 bits per heavy atom. The molecular weight excluding hydrogens is 396 g/mol. The van der Waals surface area contributed by atoms with Gasteiger partial charge in [-0.05, 0) is 43.7 Å². The van der Waals surface area contributed by atoms with Crippen LogP contribution in [-0.2, 0) is 22.4 Å². The van der Waals surface area contributed by atoms with Crippen molar-refractivity contribution in [2.24, 2.45) is 0 Å². The fourth-order valence-electron chi connectivity index (χ4n) is 4.24. The number of aryl methyl sites for hydroxylation is 1. The molecule has 0 bridgehead atoms. The van der Waals surface area contributed by atoms with E-state index in [2.05, 4.69) is 0 Å². The quantitative estimate of drug-likeness (QED) is 0.712. The molecule has 2 amide bonds. The second kappa shape index (κ2) is 7.71. The summed E-state index contributed by atoms with van der Waals surface area (Å²) in [7, 11) is 3.36. The van der Waals surface area contributed by atoms with Gasteiger partial charge in [0.25, 0.3) is 5.91 Å². The molecule has 0 saturated carbocycles. The molecule has 1 fully saturated rings. The van der Waals surface area contributed by atoms with Crippen molar-refractivity contribution in [3.05, 3.63) is 38.7 Å². The molecule has 1 saturated heterocycles. The van der Waals surface area contributed by atoms with Crippen molar-refractivity contribution in [3.8, 4) is 5.75 Å². The molecule has 154 valence electrons. The number of fused-ring (bicyclic) bond motifs is 3. The summed E-state index contributed by atoms with van der Waals surface area (Å²) >= 11 is 6.38. The first-order chi connectivity index (χ1) is 13.9. The van der Waals surface area contributed by atoms with Gasteiger partial charge in [0.15, 0.2) is 6.61 Å². The number of likely N-dealkylation sites (N-methyl/N-ethyl adjacent to an activating group) is 1. The van der Waals surface area contributed by atoms with Crippen LogP contribution in [0.2, 0.25) is 5.02 Å². The Balaban J connectivity index is 1.53. The summed E-state index contributed by atoms with van der Waals surface area (Å²) in [5.41, 5.74) is 1.80. The normalized spacial score (nSPS) is 18.2. The van der Waals surface area contributed by atoms with Crippen molar-refractivity contribution >= 4 is 34.4 Å². The second-order valence-electron chi connectivity index (χ2n) is 7.75. The van der Waals surface area contributed by atoms with Crippen LogP contribution >= 0.6 is 11.6 Å². The highest BCUT2D eigenvalue weighted by Crippen LogP contribution is 2.34. The average molecular weight is 419 g/mol. The fraction of sp³-hybridized carbons (Fsp3) is 0.476. The number of rotatable bonds is 4. The molecule has 1 aliphatic carbocycles. The van der Waals surface area contributed by atoms with Crippen LogP contribution in [0.5, 0.6) is 5.75 Å². The third kappa shape index (κ3) is 3.59. The van der Waals surface area contributed by atoms with E-state index < -0.39 is 6.04 Å². The zero-order valence-corrected chi connectivity index (χ0v) is 17.3. The highest BCUT2D eigenvalue weighted by atomic mass is 35.5. The van der Waals surface area contributed by atoms with E-state index in [1.165, 1.54) is 4.90 Å². The largest absolute Gasteiger partial charge is 0.482 e. The predicted molar refractivity (Wildman–Crippen MR) is 108 cm³/mol. The maximum Gasteiger partial charge on any atom is 0.339 e. The van der Waals surface area contributed by atoms with Gasteiger partial charge in [-0.25, -0.2) is 4.79 Å². The highest BCUT2D eigenvalue weighted by molar-refractivity contribution is 6.32. The van der Waals surface area contributed by atoms with E-state index in [0.717, 1.165) is 42.2 Å². The highest BCUT2D eigenvalue weighted by Gasteiger charge is 2.35. The third-order valence-electron chi connectivity index (χ3n) is 5.68. The number of nitrogens with zero attached hydrogens (tertiary/aromatic N) is 2. The van der Waals surface area contributed by atoms with Crippen molar-refractivity contribution in [3.63, 3.8) is 0 Å². The van der Waals surface area contributed by atoms with Gasteiger partial charge in [0.05, 0.1) is 5.02 Å². The number of carbonyl (C=O) groups is 2. The predicted octanol–water partition coefficient (Wildman–Crippen LogP) is 2.39. The lowest BCUT2D eigenvalue weighted by molar-refractivity contribution is -0.143. The number of benzene rings is 1. The molecule has 29 heavy (non-hydrogen) atoms. The lowest BCUT2D eigenvalue weighted by Gasteiger charge is -2.26. The Labute approximate surface area is 173 Å². The monoisotopic (exact) mass is 418 g/mol. The van der Waals surface area contributed by atoms with Crippen molar-refractivity contribution in [1.82, 2.24) is 9.80 Å². The van der Waals surface area contributed by atoms with Gasteiger partial charge in [-0.1, -0.05) is 11.6 Å². The molecular formula is C21H23ClN2O5. The number of hydrogen-bond acceptors (Lipinski definition) is 5. The SMILES string of the molecule is CN(C)C(=O)[C@@H]1CCCN1C(=O)COc1cc2oc(=O)c3c(c2cc1Cl)CCC3. The molecule has 0 spiro atoms. The number of hydrogen-bond donors (Lipinski definition) is 0. The molecule has 2 heterocycles. The Hall–Kier alpha value is -2.54. The minimum Gasteiger partial charge on any atom is -0.482 e. The van der Waals surface area contributed by atoms with Gasteiger partial charge in [0.1, 0.15) is 17.4 Å². The van der Waals surface area contributed by atoms with Crippen LogP contribution in [0.25, 0.3) is 11.0 Å². The van der Waals surface area contributed by atoms with Crippen molar-refractivity contribution in [2.45, 2.75) is 38.1 Å². The lowest BCUT2D eigenvalue weighted by Crippen LogP contribution is -2.46. The van der Waals surface area contributed by atoms with Crippen LogP contribution in [0.3, 0.4) is 0 Å². The average Bonchev–Trinajstić information content (AvgIpc) is 3.36. The van der Waals surface area contributed by atoms with E-state index in [0.29, 0.717) is 23.6 Å². The summed E-state index contributed by atoms with van der Waals surface area (Å²) in [6, 6.07) is 2.85. The summed E-state index contributed by atoms with van der Waals surface area (Å²) in [6.07, 6.45) is 3.90. The Bertz CT molecular complexity index is 1050. The van der Waals surface area contributed by atoms with Crippen molar-refractivity contribution in [1.29, 1.82) is 0 Å². The third-order valence-corrected chi connectivity index (χ3v) is 5.97. The molecule has 1 aromatic carbocycles. The maximum absolute atomic E-state index is 12.7. The molecule has 0 unspecified atom stereocenters. The Morgan fingerprint density at radius 3 is 2.76 bits per heavy atom. The van der Waals surface area contributed by atoms with Crippen LogP contribution in [0, 0.1) is 0 Å². The van der Waals surface area contributed by atoms with Gasteiger partial charge in [-0.3, -0.25) is 9.59 Å². The topological polar surface area (TPSA) is 80.1 Å². The van der Waals surface area contributed by atoms with E-state index in [9.17, 15) is 14.4 Å². The molecule has 0 radical (unpaired) electrons. The molecule has 7 nitrogen and oxygen atoms in total. The molecule has 2 aromatic rings. The Morgan fingerprint density at radius 1 is 1.24 bits per heavy atom. The lowest BCUT2D eigenvalue weighted by atomic mass is 10.1. The number of likely N-dealkylation sites (tertiary alicyclic amines) is 1. The second-order valence-corrected chi connectivity index (χ2v) is 8.15. The molecule has 1 atom stereocenters. The smallest absolute Gasteiger partial charge is 0.339 e. The van der Waals surface area contributed by atoms with Gasteiger partial charge in [-0.15, -0.1) is 0 Å². The molecule has 1 aromatic heterocycles. The number of ether oxygens (including phenoxy) is 1. The van der Waals surface area contributed by atoms with Crippen molar-refractivity contribution < 1.29 is 18.7 Å². The van der Waals surface area contributed by atoms with E-state index in [-0.39, 0.29) is 29.8 Å². The number of amides is 2. The number of halogens is 1. The first kappa shape index (κ1) is 19.8. The zero-order valence-electron chi connectivity index (χ0n) is 16.5. The minimum atomic E-state index is -0.450. The molecule has 0 N–H and O–H groups in total. The first-order valence-electron chi connectivity index (χ1n) is 9.78. The maximum atomic E-state index is 12.7.